The maximum absolute atomic E-state index is 12.4. The lowest BCUT2D eigenvalue weighted by Crippen LogP contribution is -2.59. The average molecular weight is 380 g/mol. The van der Waals surface area contributed by atoms with E-state index in [9.17, 15) is 25.2 Å². The Labute approximate surface area is 158 Å². The Morgan fingerprint density at radius 3 is 2.56 bits per heavy atom. The molecule has 1 aromatic rings. The number of carbonyl (C=O) groups is 1. The smallest absolute Gasteiger partial charge is 0.186 e. The number of benzene rings is 1. The van der Waals surface area contributed by atoms with Crippen LogP contribution in [0, 0.1) is 19.8 Å². The van der Waals surface area contributed by atoms with Gasteiger partial charge in [0.25, 0.3) is 0 Å². The predicted molar refractivity (Wildman–Crippen MR) is 96.5 cm³/mol. The van der Waals surface area contributed by atoms with Crippen molar-refractivity contribution in [3.8, 4) is 0 Å². The molecule has 7 heteroatoms. The number of rotatable bonds is 5. The molecular weight excluding hydrogens is 352 g/mol. The number of aliphatic hydroxyl groups is 4. The average Bonchev–Trinajstić information content (AvgIpc) is 2.91. The summed E-state index contributed by atoms with van der Waals surface area (Å²) in [5, 5.41) is 38.9. The van der Waals surface area contributed by atoms with Crippen LogP contribution in [0.3, 0.4) is 0 Å². The molecule has 2 aliphatic rings. The fraction of sp³-hybridized carbons (Fsp3) is 0.650. The van der Waals surface area contributed by atoms with E-state index in [0.717, 1.165) is 34.2 Å². The fourth-order valence-corrected chi connectivity index (χ4v) is 4.15. The lowest BCUT2D eigenvalue weighted by molar-refractivity contribution is -0.300. The molecule has 1 aliphatic heterocycles. The van der Waals surface area contributed by atoms with Crippen molar-refractivity contribution in [2.75, 3.05) is 13.2 Å². The molecule has 1 heterocycles. The van der Waals surface area contributed by atoms with Gasteiger partial charge in [-0.05, 0) is 48.9 Å². The zero-order valence-corrected chi connectivity index (χ0v) is 15.9. The molecule has 0 amide bonds. The molecule has 1 aliphatic carbocycles. The Hall–Kier alpha value is -1.35. The molecule has 1 fully saturated rings. The van der Waals surface area contributed by atoms with Gasteiger partial charge < -0.3 is 29.9 Å². The van der Waals surface area contributed by atoms with Crippen LogP contribution in [0.4, 0.5) is 0 Å². The number of hydrogen-bond acceptors (Lipinski definition) is 7. The van der Waals surface area contributed by atoms with Crippen molar-refractivity contribution in [1.82, 2.24) is 0 Å². The Bertz CT molecular complexity index is 715. The van der Waals surface area contributed by atoms with E-state index < -0.39 is 37.3 Å². The van der Waals surface area contributed by atoms with Gasteiger partial charge in [0.05, 0.1) is 13.2 Å². The summed E-state index contributed by atoms with van der Waals surface area (Å²) < 4.78 is 10.9. The third kappa shape index (κ3) is 3.68. The Kier molecular flexibility index (Phi) is 6.00. The van der Waals surface area contributed by atoms with E-state index in [4.69, 9.17) is 9.47 Å². The maximum atomic E-state index is 12.4. The number of carbonyl (C=O) groups excluding carboxylic acids is 1. The quantitative estimate of drug-likeness (QED) is 0.570. The highest BCUT2D eigenvalue weighted by molar-refractivity contribution is 6.03. The third-order valence-corrected chi connectivity index (χ3v) is 5.72. The van der Waals surface area contributed by atoms with Gasteiger partial charge in [-0.15, -0.1) is 0 Å². The number of fused-ring (bicyclic) bond motifs is 1. The molecular formula is C20H28O7. The van der Waals surface area contributed by atoms with Gasteiger partial charge in [0.1, 0.15) is 24.4 Å². The van der Waals surface area contributed by atoms with Crippen LogP contribution in [0.1, 0.15) is 39.5 Å². The van der Waals surface area contributed by atoms with E-state index in [1.54, 1.807) is 0 Å². The van der Waals surface area contributed by atoms with E-state index in [1.165, 1.54) is 0 Å². The van der Waals surface area contributed by atoms with E-state index >= 15 is 0 Å². The summed E-state index contributed by atoms with van der Waals surface area (Å²) in [6.45, 7) is 5.61. The zero-order valence-electron chi connectivity index (χ0n) is 15.9. The lowest BCUT2D eigenvalue weighted by Gasteiger charge is -2.39. The molecule has 0 aromatic heterocycles. The highest BCUT2D eigenvalue weighted by Crippen LogP contribution is 2.33. The van der Waals surface area contributed by atoms with Crippen molar-refractivity contribution < 1.29 is 34.7 Å². The molecule has 27 heavy (non-hydrogen) atoms. The molecule has 0 bridgehead atoms. The van der Waals surface area contributed by atoms with Crippen molar-refractivity contribution in [2.24, 2.45) is 5.92 Å². The molecule has 0 saturated carbocycles. The van der Waals surface area contributed by atoms with Crippen LogP contribution in [-0.4, -0.2) is 70.1 Å². The number of Topliss-reactive ketones (excluding diaryl/α,β-unsaturated/α-hetero) is 1. The van der Waals surface area contributed by atoms with Gasteiger partial charge in [-0.25, -0.2) is 0 Å². The van der Waals surface area contributed by atoms with Crippen LogP contribution in [0.2, 0.25) is 0 Å². The monoisotopic (exact) mass is 380 g/mol. The van der Waals surface area contributed by atoms with Gasteiger partial charge in [-0.3, -0.25) is 4.79 Å². The molecule has 3 rings (SSSR count). The minimum Gasteiger partial charge on any atom is -0.394 e. The van der Waals surface area contributed by atoms with E-state index in [1.807, 2.05) is 20.8 Å². The number of aliphatic hydroxyl groups excluding tert-OH is 4. The molecule has 150 valence electrons. The zero-order chi connectivity index (χ0) is 19.9. The summed E-state index contributed by atoms with van der Waals surface area (Å²) in [6.07, 6.45) is -5.11. The summed E-state index contributed by atoms with van der Waals surface area (Å²) in [6, 6.07) is 2.06. The van der Waals surface area contributed by atoms with Gasteiger partial charge in [0, 0.05) is 11.5 Å². The van der Waals surface area contributed by atoms with Crippen LogP contribution in [0.15, 0.2) is 6.07 Å². The van der Waals surface area contributed by atoms with E-state index in [0.29, 0.717) is 6.42 Å². The van der Waals surface area contributed by atoms with Crippen molar-refractivity contribution >= 4 is 5.78 Å². The molecule has 6 atom stereocenters. The van der Waals surface area contributed by atoms with Crippen molar-refractivity contribution in [1.29, 1.82) is 0 Å². The number of aryl methyl sites for hydroxylation is 1. The van der Waals surface area contributed by atoms with Gasteiger partial charge in [0.2, 0.25) is 0 Å². The van der Waals surface area contributed by atoms with E-state index in [2.05, 4.69) is 6.07 Å². The second kappa shape index (κ2) is 7.95. The minimum absolute atomic E-state index is 0.0127. The Balaban J connectivity index is 1.69. The third-order valence-electron chi connectivity index (χ3n) is 5.72. The van der Waals surface area contributed by atoms with Crippen LogP contribution in [0.5, 0.6) is 0 Å². The van der Waals surface area contributed by atoms with Gasteiger partial charge in [-0.2, -0.15) is 0 Å². The van der Waals surface area contributed by atoms with Crippen molar-refractivity contribution in [3.63, 3.8) is 0 Å². The predicted octanol–water partition coefficient (Wildman–Crippen LogP) is 0.0373. The number of hydrogen-bond donors (Lipinski definition) is 4. The highest BCUT2D eigenvalue weighted by atomic mass is 16.7. The standard InChI is InChI=1S/C20H28O7/c1-9-6-12-7-10(2)16(22)15(12)11(3)13(9)4-5-26-20-19(25)18(24)17(23)14(8-21)27-20/h6,10,14,17-21,23-25H,4-5,7-8H2,1-3H3/t10-,14+,17+,18-,19+,20+/m0/s1. The van der Waals surface area contributed by atoms with Gasteiger partial charge in [0.15, 0.2) is 12.1 Å². The van der Waals surface area contributed by atoms with Crippen LogP contribution >= 0.6 is 0 Å². The molecule has 0 spiro atoms. The summed E-state index contributed by atoms with van der Waals surface area (Å²) >= 11 is 0. The normalized spacial score (nSPS) is 33.4. The molecule has 0 radical (unpaired) electrons. The largest absolute Gasteiger partial charge is 0.394 e. The SMILES string of the molecule is Cc1cc2c(c(C)c1CCO[C@@H]1O[C@H](CO)[C@@H](O)[C@H](O)[C@H]1O)C(=O)[C@@H](C)C2. The first-order chi connectivity index (χ1) is 12.8. The Morgan fingerprint density at radius 2 is 1.89 bits per heavy atom. The second-order valence-corrected chi connectivity index (χ2v) is 7.62. The topological polar surface area (TPSA) is 116 Å². The summed E-state index contributed by atoms with van der Waals surface area (Å²) in [5.74, 6) is 0.192. The Morgan fingerprint density at radius 1 is 1.19 bits per heavy atom. The van der Waals surface area contributed by atoms with Crippen LogP contribution in [0.25, 0.3) is 0 Å². The van der Waals surface area contributed by atoms with E-state index in [-0.39, 0.29) is 18.3 Å². The second-order valence-electron chi connectivity index (χ2n) is 7.62. The maximum Gasteiger partial charge on any atom is 0.186 e. The molecule has 4 N–H and O–H groups in total. The number of ketones is 1. The molecule has 1 saturated heterocycles. The molecule has 0 unspecified atom stereocenters. The van der Waals surface area contributed by atoms with Crippen molar-refractivity contribution in [3.05, 3.63) is 33.9 Å². The lowest BCUT2D eigenvalue weighted by atomic mass is 9.92. The first-order valence-corrected chi connectivity index (χ1v) is 9.34. The van der Waals surface area contributed by atoms with Gasteiger partial charge in [-0.1, -0.05) is 13.0 Å². The van der Waals surface area contributed by atoms with Crippen molar-refractivity contribution in [2.45, 2.75) is 64.3 Å². The van der Waals surface area contributed by atoms with Crippen LogP contribution in [-0.2, 0) is 22.3 Å². The molecule has 1 aromatic carbocycles. The molecule has 7 nitrogen and oxygen atoms in total. The first-order valence-electron chi connectivity index (χ1n) is 9.34. The summed E-state index contributed by atoms with van der Waals surface area (Å²) in [7, 11) is 0. The fourth-order valence-electron chi connectivity index (χ4n) is 4.15. The summed E-state index contributed by atoms with van der Waals surface area (Å²) in [4.78, 5) is 12.4. The first kappa shape index (κ1) is 20.4. The number of ether oxygens (including phenoxy) is 2. The minimum atomic E-state index is -1.46. The van der Waals surface area contributed by atoms with Crippen LogP contribution < -0.4 is 0 Å². The van der Waals surface area contributed by atoms with Gasteiger partial charge >= 0.3 is 0 Å². The summed E-state index contributed by atoms with van der Waals surface area (Å²) in [5.41, 5.74) is 5.00. The highest BCUT2D eigenvalue weighted by Gasteiger charge is 2.44.